The van der Waals surface area contributed by atoms with Gasteiger partial charge in [-0.3, -0.25) is 0 Å². The lowest BCUT2D eigenvalue weighted by Crippen LogP contribution is -2.15. The Morgan fingerprint density at radius 1 is 1.05 bits per heavy atom. The van der Waals surface area contributed by atoms with E-state index in [9.17, 15) is 5.11 Å². The Kier molecular flexibility index (Phi) is 3.60. The van der Waals surface area contributed by atoms with Crippen molar-refractivity contribution in [3.63, 3.8) is 0 Å². The predicted octanol–water partition coefficient (Wildman–Crippen LogP) is 3.04. The first-order valence-electron chi connectivity index (χ1n) is 6.32. The van der Waals surface area contributed by atoms with Gasteiger partial charge in [0.15, 0.2) is 11.5 Å². The second kappa shape index (κ2) is 5.54. The monoisotopic (exact) mass is 289 g/mol. The number of hydrogen-bond acceptors (Lipinski definition) is 5. The van der Waals surface area contributed by atoms with E-state index in [-0.39, 0.29) is 5.75 Å². The molecule has 0 unspecified atom stereocenters. The average molecular weight is 289 g/mol. The van der Waals surface area contributed by atoms with Gasteiger partial charge in [-0.05, 0) is 35.9 Å². The maximum Gasteiger partial charge on any atom is 0.162 e. The molecule has 0 fully saturated rings. The second-order valence-electron chi connectivity index (χ2n) is 4.49. The maximum atomic E-state index is 9.40. The largest absolute Gasteiger partial charge is 0.506 e. The molecule has 0 saturated heterocycles. The van der Waals surface area contributed by atoms with E-state index in [1.54, 1.807) is 23.9 Å². The van der Waals surface area contributed by atoms with Gasteiger partial charge in [0, 0.05) is 10.6 Å². The summed E-state index contributed by atoms with van der Waals surface area (Å²) in [6, 6.07) is 11.2. The molecule has 4 nitrogen and oxygen atoms in total. The third kappa shape index (κ3) is 2.77. The van der Waals surface area contributed by atoms with Crippen molar-refractivity contribution in [3.05, 3.63) is 42.0 Å². The van der Waals surface area contributed by atoms with Crippen LogP contribution in [0.25, 0.3) is 0 Å². The van der Waals surface area contributed by atoms with Gasteiger partial charge in [-0.2, -0.15) is 0 Å². The molecule has 1 aliphatic heterocycles. The summed E-state index contributed by atoms with van der Waals surface area (Å²) in [5.74, 6) is 2.50. The molecule has 0 spiro atoms. The third-order valence-electron chi connectivity index (χ3n) is 3.01. The minimum absolute atomic E-state index is 0.123. The van der Waals surface area contributed by atoms with Gasteiger partial charge in [-0.25, -0.2) is 0 Å². The minimum atomic E-state index is 0.123. The van der Waals surface area contributed by atoms with Gasteiger partial charge in [0.25, 0.3) is 0 Å². The number of nitrogens with two attached hydrogens (primary N) is 1. The summed E-state index contributed by atoms with van der Waals surface area (Å²) >= 11 is 1.69. The van der Waals surface area contributed by atoms with Gasteiger partial charge in [0.2, 0.25) is 0 Å². The number of nitrogen functional groups attached to an aromatic ring is 1. The highest BCUT2D eigenvalue weighted by Gasteiger charge is 2.11. The van der Waals surface area contributed by atoms with Crippen molar-refractivity contribution >= 4 is 17.4 Å². The number of anilines is 1. The number of benzene rings is 2. The van der Waals surface area contributed by atoms with Crippen molar-refractivity contribution in [2.75, 3.05) is 18.9 Å². The Hall–Kier alpha value is -2.01. The molecular formula is C15H15NO3S. The zero-order valence-electron chi connectivity index (χ0n) is 10.8. The van der Waals surface area contributed by atoms with E-state index in [1.165, 1.54) is 0 Å². The average Bonchev–Trinajstić information content (AvgIpc) is 2.48. The molecule has 2 aromatic carbocycles. The molecular weight excluding hydrogens is 274 g/mol. The van der Waals surface area contributed by atoms with Crippen molar-refractivity contribution in [1.82, 2.24) is 0 Å². The first-order chi connectivity index (χ1) is 9.72. The standard InChI is InChI=1S/C15H15NO3S/c16-12-7-10(1-3-13(12)17)9-20-11-2-4-14-15(8-11)19-6-5-18-14/h1-4,7-8,17H,5-6,9,16H2. The van der Waals surface area contributed by atoms with Gasteiger partial charge in [-0.1, -0.05) is 6.07 Å². The highest BCUT2D eigenvalue weighted by atomic mass is 32.2. The fraction of sp³-hybridized carbons (Fsp3) is 0.200. The zero-order chi connectivity index (χ0) is 13.9. The summed E-state index contributed by atoms with van der Waals surface area (Å²) in [4.78, 5) is 1.11. The quantitative estimate of drug-likeness (QED) is 0.516. The summed E-state index contributed by atoms with van der Waals surface area (Å²) in [5.41, 5.74) is 7.16. The van der Waals surface area contributed by atoms with Crippen LogP contribution in [-0.4, -0.2) is 18.3 Å². The SMILES string of the molecule is Nc1cc(CSc2ccc3c(c2)OCCO3)ccc1O. The zero-order valence-corrected chi connectivity index (χ0v) is 11.7. The summed E-state index contributed by atoms with van der Waals surface area (Å²) in [6.45, 7) is 1.20. The molecule has 0 saturated carbocycles. The number of ether oxygens (including phenoxy) is 2. The highest BCUT2D eigenvalue weighted by molar-refractivity contribution is 7.98. The van der Waals surface area contributed by atoms with Gasteiger partial charge in [-0.15, -0.1) is 11.8 Å². The molecule has 0 atom stereocenters. The van der Waals surface area contributed by atoms with Crippen molar-refractivity contribution in [1.29, 1.82) is 0 Å². The number of hydrogen-bond donors (Lipinski definition) is 2. The molecule has 0 aromatic heterocycles. The topological polar surface area (TPSA) is 64.7 Å². The van der Waals surface area contributed by atoms with Crippen LogP contribution in [0.15, 0.2) is 41.3 Å². The lowest BCUT2D eigenvalue weighted by molar-refractivity contribution is 0.171. The minimum Gasteiger partial charge on any atom is -0.506 e. The van der Waals surface area contributed by atoms with E-state index in [0.29, 0.717) is 18.9 Å². The van der Waals surface area contributed by atoms with Crippen molar-refractivity contribution in [2.24, 2.45) is 0 Å². The number of rotatable bonds is 3. The summed E-state index contributed by atoms with van der Waals surface area (Å²) in [5, 5.41) is 9.40. The Bertz CT molecular complexity index is 631. The van der Waals surface area contributed by atoms with Gasteiger partial charge in [0.05, 0.1) is 5.69 Å². The summed E-state index contributed by atoms with van der Waals surface area (Å²) in [7, 11) is 0. The molecule has 1 heterocycles. The number of aromatic hydroxyl groups is 1. The van der Waals surface area contributed by atoms with Crippen LogP contribution in [-0.2, 0) is 5.75 Å². The Morgan fingerprint density at radius 3 is 2.65 bits per heavy atom. The van der Waals surface area contributed by atoms with E-state index in [0.717, 1.165) is 27.7 Å². The predicted molar refractivity (Wildman–Crippen MR) is 79.5 cm³/mol. The Labute approximate surface area is 121 Å². The van der Waals surface area contributed by atoms with E-state index in [2.05, 4.69) is 0 Å². The lowest BCUT2D eigenvalue weighted by atomic mass is 10.2. The fourth-order valence-electron chi connectivity index (χ4n) is 1.97. The third-order valence-corrected chi connectivity index (χ3v) is 4.08. The van der Waals surface area contributed by atoms with Crippen molar-refractivity contribution < 1.29 is 14.6 Å². The van der Waals surface area contributed by atoms with E-state index in [1.807, 2.05) is 24.3 Å². The number of phenols is 1. The van der Waals surface area contributed by atoms with Crippen molar-refractivity contribution in [3.8, 4) is 17.2 Å². The molecule has 0 aliphatic carbocycles. The molecule has 0 radical (unpaired) electrons. The van der Waals surface area contributed by atoms with E-state index in [4.69, 9.17) is 15.2 Å². The van der Waals surface area contributed by atoms with Gasteiger partial charge in [0.1, 0.15) is 19.0 Å². The molecule has 1 aliphatic rings. The molecule has 3 N–H and O–H groups in total. The molecule has 104 valence electrons. The highest BCUT2D eigenvalue weighted by Crippen LogP contribution is 2.35. The summed E-state index contributed by atoms with van der Waals surface area (Å²) < 4.78 is 11.1. The van der Waals surface area contributed by atoms with E-state index < -0.39 is 0 Å². The number of fused-ring (bicyclic) bond motifs is 1. The smallest absolute Gasteiger partial charge is 0.162 e. The van der Waals surface area contributed by atoms with Crippen LogP contribution >= 0.6 is 11.8 Å². The molecule has 20 heavy (non-hydrogen) atoms. The number of thioether (sulfide) groups is 1. The van der Waals surface area contributed by atoms with Crippen LogP contribution < -0.4 is 15.2 Å². The van der Waals surface area contributed by atoms with Crippen LogP contribution in [0.1, 0.15) is 5.56 Å². The van der Waals surface area contributed by atoms with Crippen molar-refractivity contribution in [2.45, 2.75) is 10.6 Å². The van der Waals surface area contributed by atoms with Gasteiger partial charge >= 0.3 is 0 Å². The van der Waals surface area contributed by atoms with Crippen LogP contribution in [0.4, 0.5) is 5.69 Å². The first kappa shape index (κ1) is 13.0. The molecule has 0 bridgehead atoms. The second-order valence-corrected chi connectivity index (χ2v) is 5.54. The fourth-order valence-corrected chi connectivity index (χ4v) is 2.84. The molecule has 0 amide bonds. The molecule has 5 heteroatoms. The molecule has 3 rings (SSSR count). The summed E-state index contributed by atoms with van der Waals surface area (Å²) in [6.07, 6.45) is 0. The van der Waals surface area contributed by atoms with Crippen LogP contribution in [0.5, 0.6) is 17.2 Å². The Balaban J connectivity index is 1.70. The van der Waals surface area contributed by atoms with Crippen LogP contribution in [0.2, 0.25) is 0 Å². The Morgan fingerprint density at radius 2 is 1.85 bits per heavy atom. The van der Waals surface area contributed by atoms with Gasteiger partial charge < -0.3 is 20.3 Å². The van der Waals surface area contributed by atoms with Crippen LogP contribution in [0.3, 0.4) is 0 Å². The number of phenolic OH excluding ortho intramolecular Hbond substituents is 1. The van der Waals surface area contributed by atoms with E-state index >= 15 is 0 Å². The van der Waals surface area contributed by atoms with Crippen LogP contribution in [0, 0.1) is 0 Å². The normalized spacial score (nSPS) is 13.2. The molecule has 2 aromatic rings. The maximum absolute atomic E-state index is 9.40. The first-order valence-corrected chi connectivity index (χ1v) is 7.31. The lowest BCUT2D eigenvalue weighted by Gasteiger charge is -2.18.